The van der Waals surface area contributed by atoms with E-state index in [0.717, 1.165) is 18.7 Å². The first kappa shape index (κ1) is 13.5. The monoisotopic (exact) mass is 278 g/mol. The smallest absolute Gasteiger partial charge is 0.313 e. The van der Waals surface area contributed by atoms with E-state index in [1.807, 2.05) is 29.7 Å². The number of hydrogen-bond acceptors (Lipinski definition) is 5. The summed E-state index contributed by atoms with van der Waals surface area (Å²) in [6, 6.07) is 5.59. The average molecular weight is 278 g/mol. The van der Waals surface area contributed by atoms with Crippen molar-refractivity contribution in [3.05, 3.63) is 24.4 Å². The Morgan fingerprint density at radius 1 is 1.42 bits per heavy atom. The number of nitrogens with zero attached hydrogens (tertiary/aromatic N) is 4. The van der Waals surface area contributed by atoms with Crippen LogP contribution in [0.4, 0.5) is 0 Å². The van der Waals surface area contributed by atoms with E-state index in [9.17, 15) is 4.79 Å². The van der Waals surface area contributed by atoms with Gasteiger partial charge in [-0.3, -0.25) is 9.78 Å². The number of aromatic nitrogens is 4. The summed E-state index contributed by atoms with van der Waals surface area (Å²) in [4.78, 5) is 14.9. The summed E-state index contributed by atoms with van der Waals surface area (Å²) in [5.41, 5.74) is 0.741. The van der Waals surface area contributed by atoms with Crippen molar-refractivity contribution in [2.45, 2.75) is 25.0 Å². The van der Waals surface area contributed by atoms with E-state index in [1.165, 1.54) is 11.8 Å². The first-order valence-electron chi connectivity index (χ1n) is 5.91. The molecule has 0 aliphatic rings. The normalized spacial score (nSPS) is 10.6. The van der Waals surface area contributed by atoms with E-state index in [1.54, 1.807) is 6.20 Å². The van der Waals surface area contributed by atoms with Gasteiger partial charge in [0.2, 0.25) is 0 Å². The van der Waals surface area contributed by atoms with Gasteiger partial charge in [0.25, 0.3) is 0 Å². The molecule has 0 aromatic carbocycles. The van der Waals surface area contributed by atoms with Gasteiger partial charge < -0.3 is 9.67 Å². The number of thioether (sulfide) groups is 1. The summed E-state index contributed by atoms with van der Waals surface area (Å²) in [6.45, 7) is 2.79. The van der Waals surface area contributed by atoms with Crippen molar-refractivity contribution in [3.8, 4) is 11.5 Å². The van der Waals surface area contributed by atoms with Crippen molar-refractivity contribution in [3.63, 3.8) is 0 Å². The third kappa shape index (κ3) is 3.31. The average Bonchev–Trinajstić information content (AvgIpc) is 2.81. The fraction of sp³-hybridized carbons (Fsp3) is 0.333. The molecule has 0 amide bonds. The summed E-state index contributed by atoms with van der Waals surface area (Å²) in [5, 5.41) is 17.5. The second-order valence-corrected chi connectivity index (χ2v) is 4.80. The molecule has 2 aromatic rings. The lowest BCUT2D eigenvalue weighted by Gasteiger charge is -2.07. The number of rotatable bonds is 6. The Morgan fingerprint density at radius 2 is 2.26 bits per heavy atom. The van der Waals surface area contributed by atoms with Crippen LogP contribution in [0.5, 0.6) is 0 Å². The molecule has 0 bridgehead atoms. The Kier molecular flexibility index (Phi) is 4.51. The first-order valence-corrected chi connectivity index (χ1v) is 6.90. The van der Waals surface area contributed by atoms with Gasteiger partial charge >= 0.3 is 5.97 Å². The number of carboxylic acids is 1. The van der Waals surface area contributed by atoms with Crippen LogP contribution < -0.4 is 0 Å². The zero-order valence-electron chi connectivity index (χ0n) is 10.5. The van der Waals surface area contributed by atoms with Gasteiger partial charge in [-0.25, -0.2) is 0 Å². The van der Waals surface area contributed by atoms with E-state index >= 15 is 0 Å². The van der Waals surface area contributed by atoms with Gasteiger partial charge in [0.05, 0.1) is 5.75 Å². The molecule has 0 aliphatic heterocycles. The highest BCUT2D eigenvalue weighted by Crippen LogP contribution is 2.22. The fourth-order valence-corrected chi connectivity index (χ4v) is 2.32. The molecule has 0 atom stereocenters. The highest BCUT2D eigenvalue weighted by molar-refractivity contribution is 7.99. The van der Waals surface area contributed by atoms with Gasteiger partial charge in [-0.2, -0.15) is 0 Å². The summed E-state index contributed by atoms with van der Waals surface area (Å²) in [5.74, 6) is -0.213. The van der Waals surface area contributed by atoms with Gasteiger partial charge in [-0.1, -0.05) is 24.8 Å². The lowest BCUT2D eigenvalue weighted by atomic mass is 10.3. The van der Waals surface area contributed by atoms with Gasteiger partial charge in [0, 0.05) is 12.7 Å². The lowest BCUT2D eigenvalue weighted by Crippen LogP contribution is -2.05. The molecule has 100 valence electrons. The third-order valence-electron chi connectivity index (χ3n) is 2.38. The van der Waals surface area contributed by atoms with Gasteiger partial charge in [-0.05, 0) is 18.6 Å². The summed E-state index contributed by atoms with van der Waals surface area (Å²) in [6.07, 6.45) is 2.61. The highest BCUT2D eigenvalue weighted by Gasteiger charge is 2.15. The quantitative estimate of drug-likeness (QED) is 0.813. The predicted molar refractivity (Wildman–Crippen MR) is 71.9 cm³/mol. The van der Waals surface area contributed by atoms with Crippen LogP contribution in [-0.2, 0) is 11.3 Å². The molecule has 19 heavy (non-hydrogen) atoms. The van der Waals surface area contributed by atoms with Crippen LogP contribution in [0.2, 0.25) is 0 Å². The predicted octanol–water partition coefficient (Wildman–Crippen LogP) is 1.93. The van der Waals surface area contributed by atoms with Crippen LogP contribution >= 0.6 is 11.8 Å². The molecule has 0 saturated heterocycles. The Balaban J connectivity index is 2.31. The van der Waals surface area contributed by atoms with Gasteiger partial charge in [0.1, 0.15) is 5.69 Å². The van der Waals surface area contributed by atoms with Crippen molar-refractivity contribution in [2.24, 2.45) is 0 Å². The first-order chi connectivity index (χ1) is 9.22. The molecule has 0 aliphatic carbocycles. The second-order valence-electron chi connectivity index (χ2n) is 3.86. The number of pyridine rings is 1. The van der Waals surface area contributed by atoms with Gasteiger partial charge in [-0.15, -0.1) is 10.2 Å². The van der Waals surface area contributed by atoms with Crippen LogP contribution in [0.25, 0.3) is 11.5 Å². The van der Waals surface area contributed by atoms with E-state index in [4.69, 9.17) is 5.11 Å². The summed E-state index contributed by atoms with van der Waals surface area (Å²) >= 11 is 1.17. The maximum Gasteiger partial charge on any atom is 0.313 e. The van der Waals surface area contributed by atoms with Crippen molar-refractivity contribution < 1.29 is 9.90 Å². The number of carbonyl (C=O) groups is 1. The zero-order valence-corrected chi connectivity index (χ0v) is 11.3. The van der Waals surface area contributed by atoms with E-state index < -0.39 is 5.97 Å². The largest absolute Gasteiger partial charge is 0.481 e. The topological polar surface area (TPSA) is 80.9 Å². The highest BCUT2D eigenvalue weighted by atomic mass is 32.2. The SMILES string of the molecule is CCCn1c(SCC(=O)O)nnc1-c1ccccn1. The molecule has 0 unspecified atom stereocenters. The van der Waals surface area contributed by atoms with E-state index in [0.29, 0.717) is 11.0 Å². The Hall–Kier alpha value is -1.89. The Morgan fingerprint density at radius 3 is 2.89 bits per heavy atom. The fourth-order valence-electron chi connectivity index (χ4n) is 1.63. The van der Waals surface area contributed by atoms with Crippen LogP contribution in [0.1, 0.15) is 13.3 Å². The number of aliphatic carboxylic acids is 1. The molecule has 2 heterocycles. The van der Waals surface area contributed by atoms with Crippen LogP contribution in [0.15, 0.2) is 29.6 Å². The van der Waals surface area contributed by atoms with Crippen molar-refractivity contribution >= 4 is 17.7 Å². The molecule has 0 fully saturated rings. The van der Waals surface area contributed by atoms with Crippen LogP contribution in [-0.4, -0.2) is 36.6 Å². The van der Waals surface area contributed by atoms with Gasteiger partial charge in [0.15, 0.2) is 11.0 Å². The molecular formula is C12H14N4O2S. The molecule has 1 N–H and O–H groups in total. The van der Waals surface area contributed by atoms with Crippen molar-refractivity contribution in [2.75, 3.05) is 5.75 Å². The summed E-state index contributed by atoms with van der Waals surface area (Å²) < 4.78 is 1.91. The standard InChI is InChI=1S/C12H14N4O2S/c1-2-7-16-11(9-5-3-4-6-13-9)14-15-12(16)19-8-10(17)18/h3-6H,2,7-8H2,1H3,(H,17,18). The molecule has 6 nitrogen and oxygen atoms in total. The molecular weight excluding hydrogens is 264 g/mol. The maximum atomic E-state index is 10.6. The van der Waals surface area contributed by atoms with Crippen LogP contribution in [0, 0.1) is 0 Å². The van der Waals surface area contributed by atoms with Crippen molar-refractivity contribution in [1.82, 2.24) is 19.7 Å². The van der Waals surface area contributed by atoms with Crippen molar-refractivity contribution in [1.29, 1.82) is 0 Å². The molecule has 0 saturated carbocycles. The molecule has 0 radical (unpaired) electrons. The Labute approximate surface area is 114 Å². The molecule has 0 spiro atoms. The van der Waals surface area contributed by atoms with Crippen LogP contribution in [0.3, 0.4) is 0 Å². The lowest BCUT2D eigenvalue weighted by molar-refractivity contribution is -0.133. The summed E-state index contributed by atoms with van der Waals surface area (Å²) in [7, 11) is 0. The molecule has 7 heteroatoms. The van der Waals surface area contributed by atoms with E-state index in [2.05, 4.69) is 15.2 Å². The minimum atomic E-state index is -0.865. The van der Waals surface area contributed by atoms with E-state index in [-0.39, 0.29) is 5.75 Å². The minimum absolute atomic E-state index is 0.0237. The Bertz CT molecular complexity index is 556. The molecule has 2 aromatic heterocycles. The third-order valence-corrected chi connectivity index (χ3v) is 3.33. The maximum absolute atomic E-state index is 10.6. The second kappa shape index (κ2) is 6.33. The number of carboxylic acid groups (broad SMARTS) is 1. The number of hydrogen-bond donors (Lipinski definition) is 1. The zero-order chi connectivity index (χ0) is 13.7. The molecule has 2 rings (SSSR count). The minimum Gasteiger partial charge on any atom is -0.481 e.